The van der Waals surface area contributed by atoms with Gasteiger partial charge in [0.15, 0.2) is 22.3 Å². The van der Waals surface area contributed by atoms with E-state index in [0.29, 0.717) is 0 Å². The van der Waals surface area contributed by atoms with Crippen molar-refractivity contribution < 1.29 is 8.83 Å². The van der Waals surface area contributed by atoms with Crippen molar-refractivity contribution in [2.75, 3.05) is 0 Å². The number of para-hydroxylation sites is 4. The van der Waals surface area contributed by atoms with Crippen LogP contribution >= 0.6 is 0 Å². The fourth-order valence-corrected chi connectivity index (χ4v) is 7.02. The second-order valence-electron chi connectivity index (χ2n) is 13.9. The van der Waals surface area contributed by atoms with Gasteiger partial charge < -0.3 is 17.6 Å². The van der Waals surface area contributed by atoms with Gasteiger partial charge in [-0.3, -0.25) is 0 Å². The van der Waals surface area contributed by atoms with Crippen molar-refractivity contribution >= 4 is 77.0 Å². The molecule has 0 spiro atoms. The lowest BCUT2D eigenvalue weighted by Gasteiger charge is -2.19. The molecule has 42 heavy (non-hydrogen) atoms. The van der Waals surface area contributed by atoms with E-state index in [0.717, 1.165) is 66.2 Å². The zero-order valence-electron chi connectivity index (χ0n) is 24.8. The van der Waals surface area contributed by atoms with Crippen molar-refractivity contribution in [2.45, 2.75) is 52.4 Å². The van der Waals surface area contributed by atoms with E-state index in [9.17, 15) is 0 Å². The molecule has 0 saturated heterocycles. The third-order valence-corrected chi connectivity index (χ3v) is 9.19. The summed E-state index contributed by atoms with van der Waals surface area (Å²) in [6, 6.07) is 30.6. The van der Waals surface area contributed by atoms with Crippen LogP contribution in [0.1, 0.15) is 52.7 Å². The monoisotopic (exact) mass is 548 g/mol. The SMILES string of the molecule is CC(C)(C)c1ccc2c(c1)c1c3oc4ccccc4n4c5ccc(C(C)(C)C)cc5c(c5oc6ccccc6n2c51)c34. The number of hydrogen-bond acceptors (Lipinski definition) is 2. The molecule has 9 aromatic rings. The highest BCUT2D eigenvalue weighted by Gasteiger charge is 2.29. The molecule has 4 heteroatoms. The van der Waals surface area contributed by atoms with Crippen molar-refractivity contribution in [1.29, 1.82) is 0 Å². The number of nitrogens with zero attached hydrogens (tertiary/aromatic N) is 2. The molecule has 0 N–H and O–H groups in total. The normalized spacial score (nSPS) is 13.5. The molecule has 0 bridgehead atoms. The largest absolute Gasteiger partial charge is 0.452 e. The van der Waals surface area contributed by atoms with Crippen molar-refractivity contribution in [2.24, 2.45) is 0 Å². The summed E-state index contributed by atoms with van der Waals surface area (Å²) in [5.74, 6) is 0. The first kappa shape index (κ1) is 24.0. The summed E-state index contributed by atoms with van der Waals surface area (Å²) in [6.07, 6.45) is 0. The summed E-state index contributed by atoms with van der Waals surface area (Å²) in [5.41, 5.74) is 12.7. The fourth-order valence-electron chi connectivity index (χ4n) is 7.02. The van der Waals surface area contributed by atoms with Crippen LogP contribution in [0.3, 0.4) is 0 Å². The Morgan fingerprint density at radius 3 is 1.29 bits per heavy atom. The lowest BCUT2D eigenvalue weighted by molar-refractivity contribution is 0.591. The molecule has 0 aliphatic rings. The maximum atomic E-state index is 6.96. The molecule has 0 aliphatic heterocycles. The Hall–Kier alpha value is -4.70. The maximum Gasteiger partial charge on any atom is 0.162 e. The Morgan fingerprint density at radius 2 is 0.881 bits per heavy atom. The van der Waals surface area contributed by atoms with Gasteiger partial charge in [-0.15, -0.1) is 0 Å². The van der Waals surface area contributed by atoms with Crippen molar-refractivity contribution in [3.8, 4) is 0 Å². The first-order valence-corrected chi connectivity index (χ1v) is 14.8. The summed E-state index contributed by atoms with van der Waals surface area (Å²) in [7, 11) is 0. The molecule has 4 nitrogen and oxygen atoms in total. The molecule has 4 aromatic heterocycles. The zero-order valence-corrected chi connectivity index (χ0v) is 24.8. The molecule has 0 unspecified atom stereocenters. The van der Waals surface area contributed by atoms with E-state index in [1.807, 2.05) is 0 Å². The first-order chi connectivity index (χ1) is 20.1. The van der Waals surface area contributed by atoms with Gasteiger partial charge in [0.1, 0.15) is 11.0 Å². The fraction of sp³-hybridized carbons (Fsp3) is 0.211. The number of rotatable bonds is 0. The lowest BCUT2D eigenvalue weighted by Crippen LogP contribution is -2.10. The smallest absolute Gasteiger partial charge is 0.162 e. The Labute approximate surface area is 242 Å². The van der Waals surface area contributed by atoms with Gasteiger partial charge in [0.05, 0.1) is 32.8 Å². The van der Waals surface area contributed by atoms with Crippen LogP contribution in [-0.2, 0) is 10.8 Å². The Balaban J connectivity index is 1.68. The van der Waals surface area contributed by atoms with E-state index in [1.54, 1.807) is 0 Å². The molecule has 5 aromatic carbocycles. The molecule has 4 heterocycles. The minimum Gasteiger partial charge on any atom is -0.452 e. The van der Waals surface area contributed by atoms with E-state index in [-0.39, 0.29) is 10.8 Å². The first-order valence-electron chi connectivity index (χ1n) is 14.8. The van der Waals surface area contributed by atoms with Crippen LogP contribution in [0.5, 0.6) is 0 Å². The molecular formula is C38H32N2O2. The predicted octanol–water partition coefficient (Wildman–Crippen LogP) is 10.9. The van der Waals surface area contributed by atoms with E-state index in [4.69, 9.17) is 8.83 Å². The molecule has 0 fully saturated rings. The number of fused-ring (bicyclic) bond motifs is 12. The minimum absolute atomic E-state index is 0.00702. The molecule has 206 valence electrons. The van der Waals surface area contributed by atoms with Gasteiger partial charge >= 0.3 is 0 Å². The van der Waals surface area contributed by atoms with Crippen LogP contribution in [0.2, 0.25) is 0 Å². The van der Waals surface area contributed by atoms with Gasteiger partial charge in [-0.25, -0.2) is 0 Å². The Bertz CT molecular complexity index is 2400. The molecule has 0 atom stereocenters. The quantitative estimate of drug-likeness (QED) is 0.177. The topological polar surface area (TPSA) is 35.1 Å². The summed E-state index contributed by atoms with van der Waals surface area (Å²) in [6.45, 7) is 13.6. The maximum absolute atomic E-state index is 6.96. The summed E-state index contributed by atoms with van der Waals surface area (Å²) < 4.78 is 18.7. The number of hydrogen-bond donors (Lipinski definition) is 0. The molecule has 9 rings (SSSR count). The van der Waals surface area contributed by atoms with Crippen molar-refractivity contribution in [3.63, 3.8) is 0 Å². The Kier molecular flexibility index (Phi) is 4.32. The van der Waals surface area contributed by atoms with Crippen LogP contribution in [-0.4, -0.2) is 8.80 Å². The van der Waals surface area contributed by atoms with E-state index >= 15 is 0 Å². The predicted molar refractivity (Wildman–Crippen MR) is 175 cm³/mol. The average molecular weight is 549 g/mol. The highest BCUT2D eigenvalue weighted by atomic mass is 16.3. The summed E-state index contributed by atoms with van der Waals surface area (Å²) in [4.78, 5) is 0. The van der Waals surface area contributed by atoms with E-state index in [1.165, 1.54) is 21.9 Å². The van der Waals surface area contributed by atoms with E-state index < -0.39 is 0 Å². The van der Waals surface area contributed by atoms with Crippen LogP contribution in [0.25, 0.3) is 77.0 Å². The van der Waals surface area contributed by atoms with Gasteiger partial charge in [-0.2, -0.15) is 0 Å². The molecule has 0 aliphatic carbocycles. The van der Waals surface area contributed by atoms with Crippen LogP contribution in [0.15, 0.2) is 93.8 Å². The van der Waals surface area contributed by atoms with Crippen LogP contribution in [0, 0.1) is 0 Å². The highest BCUT2D eigenvalue weighted by molar-refractivity contribution is 6.34. The second kappa shape index (κ2) is 7.57. The molecule has 0 radical (unpaired) electrons. The third-order valence-electron chi connectivity index (χ3n) is 9.19. The van der Waals surface area contributed by atoms with Gasteiger partial charge in [-0.1, -0.05) is 77.9 Å². The summed E-state index contributed by atoms with van der Waals surface area (Å²) in [5, 5.41) is 4.57. The Morgan fingerprint density at radius 1 is 0.476 bits per heavy atom. The molecular weight excluding hydrogens is 516 g/mol. The lowest BCUT2D eigenvalue weighted by atomic mass is 9.86. The van der Waals surface area contributed by atoms with Gasteiger partial charge in [0, 0.05) is 10.8 Å². The van der Waals surface area contributed by atoms with Gasteiger partial charge in [0.25, 0.3) is 0 Å². The number of aromatic nitrogens is 2. The highest BCUT2D eigenvalue weighted by Crippen LogP contribution is 2.48. The second-order valence-corrected chi connectivity index (χ2v) is 13.9. The third kappa shape index (κ3) is 2.92. The summed E-state index contributed by atoms with van der Waals surface area (Å²) >= 11 is 0. The van der Waals surface area contributed by atoms with Gasteiger partial charge in [0.2, 0.25) is 0 Å². The zero-order chi connectivity index (χ0) is 28.7. The standard InChI is InChI=1S/C38H32N2O2/c1-37(2,3)21-15-17-25-23(19-21)31-33-36(42-29-13-9-7-11-27(29)39(25)33)32-24-20-22(38(4,5)6)16-18-26(24)40-28-12-8-10-14-30(28)41-35(31)34(32)40/h7-20H,1-6H3. The average Bonchev–Trinajstić information content (AvgIpc) is 3.49. The molecule has 0 saturated carbocycles. The van der Waals surface area contributed by atoms with Crippen LogP contribution in [0.4, 0.5) is 0 Å². The van der Waals surface area contributed by atoms with Crippen LogP contribution < -0.4 is 0 Å². The van der Waals surface area contributed by atoms with Crippen molar-refractivity contribution in [1.82, 2.24) is 8.80 Å². The van der Waals surface area contributed by atoms with E-state index in [2.05, 4.69) is 135 Å². The number of benzene rings is 5. The van der Waals surface area contributed by atoms with Gasteiger partial charge in [-0.05, 0) is 70.5 Å². The van der Waals surface area contributed by atoms with Crippen molar-refractivity contribution in [3.05, 3.63) is 96.1 Å². The molecule has 0 amide bonds. The minimum atomic E-state index is 0.00702.